The Hall–Kier alpha value is -0.590. The van der Waals surface area contributed by atoms with Crippen LogP contribution < -0.4 is 0 Å². The number of allylic oxidation sites excluding steroid dienone is 1. The Labute approximate surface area is 57.5 Å². The minimum atomic E-state index is 0.296. The second-order valence-electron chi connectivity index (χ2n) is 2.21. The van der Waals surface area contributed by atoms with Gasteiger partial charge in [0.1, 0.15) is 0 Å². The fraction of sp³-hybridized carbons (Fsp3) is 0.625. The highest BCUT2D eigenvalue weighted by Gasteiger charge is 1.96. The first-order chi connectivity index (χ1) is 4.22. The quantitative estimate of drug-likeness (QED) is 0.406. The third kappa shape index (κ3) is 3.07. The average Bonchev–Trinajstić information content (AvgIpc) is 1.87. The van der Waals surface area contributed by atoms with Crippen molar-refractivity contribution in [1.29, 1.82) is 0 Å². The lowest BCUT2D eigenvalue weighted by Crippen LogP contribution is -1.97. The summed E-state index contributed by atoms with van der Waals surface area (Å²) in [5.41, 5.74) is 1.31. The van der Waals surface area contributed by atoms with Crippen LogP contribution in [-0.2, 0) is 0 Å². The molecule has 0 bridgehead atoms. The summed E-state index contributed by atoms with van der Waals surface area (Å²) in [5, 5.41) is 0. The molecule has 9 heavy (non-hydrogen) atoms. The molecule has 1 unspecified atom stereocenters. The number of rotatable bonds is 3. The van der Waals surface area contributed by atoms with Gasteiger partial charge in [0.05, 0.1) is 6.04 Å². The first-order valence-corrected chi connectivity index (χ1v) is 3.34. The summed E-state index contributed by atoms with van der Waals surface area (Å²) in [6.45, 7) is 9.73. The molecule has 0 amide bonds. The van der Waals surface area contributed by atoms with Crippen molar-refractivity contribution in [3.8, 4) is 0 Å². The Morgan fingerprint density at radius 3 is 2.67 bits per heavy atom. The lowest BCUT2D eigenvalue weighted by molar-refractivity contribution is 0.861. The largest absolute Gasteiger partial charge is 0.294 e. The van der Waals surface area contributed by atoms with E-state index < -0.39 is 0 Å². The lowest BCUT2D eigenvalue weighted by Gasteiger charge is -2.03. The maximum absolute atomic E-state index is 3.89. The second kappa shape index (κ2) is 4.30. The molecular weight excluding hydrogens is 110 g/mol. The standard InChI is InChI=1S/C8H15N/c1-5-6-7(2)8(3)9-4/h6,8H,4-5H2,1-3H3/b7-6+. The molecule has 0 heterocycles. The van der Waals surface area contributed by atoms with Gasteiger partial charge in [-0.25, -0.2) is 0 Å². The fourth-order valence-corrected chi connectivity index (χ4v) is 0.637. The molecule has 0 aromatic rings. The topological polar surface area (TPSA) is 12.4 Å². The molecule has 0 N–H and O–H groups in total. The van der Waals surface area contributed by atoms with Crippen LogP contribution in [0.3, 0.4) is 0 Å². The van der Waals surface area contributed by atoms with Crippen LogP contribution in [-0.4, -0.2) is 12.8 Å². The van der Waals surface area contributed by atoms with Gasteiger partial charge in [-0.1, -0.05) is 18.6 Å². The van der Waals surface area contributed by atoms with Crippen molar-refractivity contribution in [3.63, 3.8) is 0 Å². The van der Waals surface area contributed by atoms with Crippen molar-refractivity contribution >= 4 is 6.72 Å². The molecule has 1 heteroatoms. The maximum atomic E-state index is 3.89. The number of nitrogens with zero attached hydrogens (tertiary/aromatic N) is 1. The van der Waals surface area contributed by atoms with Crippen LogP contribution in [0.4, 0.5) is 0 Å². The van der Waals surface area contributed by atoms with Crippen molar-refractivity contribution in [2.24, 2.45) is 4.99 Å². The van der Waals surface area contributed by atoms with E-state index in [4.69, 9.17) is 0 Å². The molecular formula is C8H15N. The van der Waals surface area contributed by atoms with Crippen LogP contribution in [0.5, 0.6) is 0 Å². The minimum Gasteiger partial charge on any atom is -0.294 e. The van der Waals surface area contributed by atoms with E-state index in [-0.39, 0.29) is 0 Å². The van der Waals surface area contributed by atoms with Crippen LogP contribution >= 0.6 is 0 Å². The summed E-state index contributed by atoms with van der Waals surface area (Å²) in [6, 6.07) is 0.296. The van der Waals surface area contributed by atoms with Gasteiger partial charge < -0.3 is 0 Å². The van der Waals surface area contributed by atoms with Gasteiger partial charge in [0.15, 0.2) is 0 Å². The van der Waals surface area contributed by atoms with E-state index in [1.54, 1.807) is 0 Å². The Kier molecular flexibility index (Phi) is 4.02. The van der Waals surface area contributed by atoms with E-state index in [1.807, 2.05) is 0 Å². The molecule has 0 rings (SSSR count). The molecule has 0 radical (unpaired) electrons. The Balaban J connectivity index is 3.84. The summed E-state index contributed by atoms with van der Waals surface area (Å²) >= 11 is 0. The zero-order valence-corrected chi connectivity index (χ0v) is 6.52. The molecule has 0 aliphatic rings. The summed E-state index contributed by atoms with van der Waals surface area (Å²) in [5.74, 6) is 0. The highest BCUT2D eigenvalue weighted by Crippen LogP contribution is 2.04. The van der Waals surface area contributed by atoms with Gasteiger partial charge in [-0.2, -0.15) is 0 Å². The van der Waals surface area contributed by atoms with Gasteiger partial charge in [0, 0.05) is 0 Å². The molecule has 52 valence electrons. The van der Waals surface area contributed by atoms with Gasteiger partial charge in [0.2, 0.25) is 0 Å². The third-order valence-electron chi connectivity index (χ3n) is 1.46. The smallest absolute Gasteiger partial charge is 0.0671 e. The summed E-state index contributed by atoms with van der Waals surface area (Å²) in [4.78, 5) is 3.89. The summed E-state index contributed by atoms with van der Waals surface area (Å²) < 4.78 is 0. The molecule has 0 spiro atoms. The Bertz CT molecular complexity index is 114. The van der Waals surface area contributed by atoms with Crippen LogP contribution in [0, 0.1) is 0 Å². The molecule has 0 aromatic carbocycles. The summed E-state index contributed by atoms with van der Waals surface area (Å²) in [7, 11) is 0. The normalized spacial score (nSPS) is 15.2. The zero-order chi connectivity index (χ0) is 7.28. The number of hydrogen-bond acceptors (Lipinski definition) is 1. The van der Waals surface area contributed by atoms with Crippen molar-refractivity contribution in [1.82, 2.24) is 0 Å². The summed E-state index contributed by atoms with van der Waals surface area (Å²) in [6.07, 6.45) is 3.27. The van der Waals surface area contributed by atoms with E-state index in [2.05, 4.69) is 38.6 Å². The first kappa shape index (κ1) is 8.41. The lowest BCUT2D eigenvalue weighted by atomic mass is 10.1. The van der Waals surface area contributed by atoms with Gasteiger partial charge in [-0.05, 0) is 27.0 Å². The van der Waals surface area contributed by atoms with Gasteiger partial charge in [0.25, 0.3) is 0 Å². The molecule has 0 aromatic heterocycles. The predicted octanol–water partition coefficient (Wildman–Crippen LogP) is 2.43. The van der Waals surface area contributed by atoms with Gasteiger partial charge >= 0.3 is 0 Å². The van der Waals surface area contributed by atoms with Crippen LogP contribution in [0.2, 0.25) is 0 Å². The minimum absolute atomic E-state index is 0.296. The molecule has 0 fully saturated rings. The Morgan fingerprint density at radius 2 is 2.33 bits per heavy atom. The van der Waals surface area contributed by atoms with Crippen molar-refractivity contribution in [2.75, 3.05) is 0 Å². The van der Waals surface area contributed by atoms with Crippen LogP contribution in [0.15, 0.2) is 16.6 Å². The molecule has 0 saturated heterocycles. The van der Waals surface area contributed by atoms with Crippen LogP contribution in [0.25, 0.3) is 0 Å². The number of aliphatic imine (C=N–C) groups is 1. The average molecular weight is 125 g/mol. The van der Waals surface area contributed by atoms with Crippen LogP contribution in [0.1, 0.15) is 27.2 Å². The number of hydrogen-bond donors (Lipinski definition) is 0. The van der Waals surface area contributed by atoms with E-state index in [1.165, 1.54) is 5.57 Å². The second-order valence-corrected chi connectivity index (χ2v) is 2.21. The monoisotopic (exact) mass is 125 g/mol. The van der Waals surface area contributed by atoms with Crippen molar-refractivity contribution in [3.05, 3.63) is 11.6 Å². The third-order valence-corrected chi connectivity index (χ3v) is 1.46. The molecule has 1 atom stereocenters. The molecule has 0 aliphatic carbocycles. The zero-order valence-electron chi connectivity index (χ0n) is 6.52. The Morgan fingerprint density at radius 1 is 1.78 bits per heavy atom. The van der Waals surface area contributed by atoms with Gasteiger partial charge in [-0.15, -0.1) is 0 Å². The van der Waals surface area contributed by atoms with Crippen molar-refractivity contribution in [2.45, 2.75) is 33.2 Å². The van der Waals surface area contributed by atoms with E-state index in [0.717, 1.165) is 6.42 Å². The van der Waals surface area contributed by atoms with Crippen molar-refractivity contribution < 1.29 is 0 Å². The maximum Gasteiger partial charge on any atom is 0.0671 e. The molecule has 0 saturated carbocycles. The fourth-order valence-electron chi connectivity index (χ4n) is 0.637. The van der Waals surface area contributed by atoms with E-state index in [9.17, 15) is 0 Å². The highest BCUT2D eigenvalue weighted by atomic mass is 14.7. The molecule has 0 aliphatic heterocycles. The van der Waals surface area contributed by atoms with E-state index >= 15 is 0 Å². The first-order valence-electron chi connectivity index (χ1n) is 3.34. The predicted molar refractivity (Wildman–Crippen MR) is 43.1 cm³/mol. The SMILES string of the molecule is C=NC(C)/C(C)=C/CC. The highest BCUT2D eigenvalue weighted by molar-refractivity contribution is 5.26. The van der Waals surface area contributed by atoms with E-state index in [0.29, 0.717) is 6.04 Å². The molecule has 1 nitrogen and oxygen atoms in total. The van der Waals surface area contributed by atoms with Gasteiger partial charge in [-0.3, -0.25) is 4.99 Å².